The first-order chi connectivity index (χ1) is 6.26. The van der Waals surface area contributed by atoms with Crippen LogP contribution in [0.25, 0.3) is 0 Å². The molecule has 1 aromatic carbocycles. The molecule has 1 N–H and O–H groups in total. The first-order valence-corrected chi connectivity index (χ1v) is 5.07. The number of fused-ring (bicyclic) bond motifs is 1. The van der Waals surface area contributed by atoms with Crippen molar-refractivity contribution in [2.24, 2.45) is 0 Å². The molecule has 0 heterocycles. The molecule has 1 nitrogen and oxygen atoms in total. The lowest BCUT2D eigenvalue weighted by molar-refractivity contribution is 0.0148. The maximum atomic E-state index is 10.3. The summed E-state index contributed by atoms with van der Waals surface area (Å²) in [5.41, 5.74) is 1.94. The summed E-state index contributed by atoms with van der Waals surface area (Å²) < 4.78 is 0. The lowest BCUT2D eigenvalue weighted by Gasteiger charge is -2.33. The third kappa shape index (κ3) is 1.37. The fourth-order valence-electron chi connectivity index (χ4n) is 2.27. The molecular formula is C12H16O. The van der Waals surface area contributed by atoms with Crippen LogP contribution in [0.15, 0.2) is 24.3 Å². The summed E-state index contributed by atoms with van der Waals surface area (Å²) in [6, 6.07) is 8.28. The number of aryl methyl sites for hydroxylation is 1. The Balaban J connectivity index is 2.48. The van der Waals surface area contributed by atoms with E-state index in [2.05, 4.69) is 25.1 Å². The second-order valence-electron chi connectivity index (χ2n) is 3.90. The minimum Gasteiger partial charge on any atom is -0.385 e. The molecule has 0 saturated carbocycles. The van der Waals surface area contributed by atoms with Crippen molar-refractivity contribution in [1.82, 2.24) is 0 Å². The van der Waals surface area contributed by atoms with E-state index in [1.165, 1.54) is 5.56 Å². The van der Waals surface area contributed by atoms with E-state index in [4.69, 9.17) is 0 Å². The molecule has 0 amide bonds. The van der Waals surface area contributed by atoms with Gasteiger partial charge in [-0.15, -0.1) is 0 Å². The summed E-state index contributed by atoms with van der Waals surface area (Å²) >= 11 is 0. The average molecular weight is 176 g/mol. The topological polar surface area (TPSA) is 20.2 Å². The van der Waals surface area contributed by atoms with Crippen molar-refractivity contribution >= 4 is 0 Å². The largest absolute Gasteiger partial charge is 0.385 e. The van der Waals surface area contributed by atoms with Crippen molar-refractivity contribution in [2.75, 3.05) is 0 Å². The third-order valence-electron chi connectivity index (χ3n) is 3.14. The van der Waals surface area contributed by atoms with Crippen LogP contribution in [-0.4, -0.2) is 5.11 Å². The molecule has 0 bridgehead atoms. The van der Waals surface area contributed by atoms with Gasteiger partial charge >= 0.3 is 0 Å². The van der Waals surface area contributed by atoms with Gasteiger partial charge in [-0.25, -0.2) is 0 Å². The molecule has 0 radical (unpaired) electrons. The monoisotopic (exact) mass is 176 g/mol. The van der Waals surface area contributed by atoms with Crippen molar-refractivity contribution in [3.63, 3.8) is 0 Å². The molecule has 2 rings (SSSR count). The quantitative estimate of drug-likeness (QED) is 0.697. The zero-order valence-electron chi connectivity index (χ0n) is 8.09. The van der Waals surface area contributed by atoms with Gasteiger partial charge in [-0.05, 0) is 36.8 Å². The molecule has 13 heavy (non-hydrogen) atoms. The Morgan fingerprint density at radius 1 is 1.38 bits per heavy atom. The van der Waals surface area contributed by atoms with Crippen LogP contribution in [0.5, 0.6) is 0 Å². The van der Waals surface area contributed by atoms with Gasteiger partial charge in [0.05, 0.1) is 5.60 Å². The van der Waals surface area contributed by atoms with E-state index in [1.54, 1.807) is 0 Å². The maximum absolute atomic E-state index is 10.3. The Morgan fingerprint density at radius 2 is 2.15 bits per heavy atom. The molecule has 1 aliphatic carbocycles. The average Bonchev–Trinajstić information content (AvgIpc) is 2.19. The smallest absolute Gasteiger partial charge is 0.0896 e. The van der Waals surface area contributed by atoms with Gasteiger partial charge in [0, 0.05) is 0 Å². The van der Waals surface area contributed by atoms with Gasteiger partial charge in [0.1, 0.15) is 0 Å². The first kappa shape index (κ1) is 8.76. The van der Waals surface area contributed by atoms with Crippen LogP contribution >= 0.6 is 0 Å². The Labute approximate surface area is 79.4 Å². The fourth-order valence-corrected chi connectivity index (χ4v) is 2.27. The van der Waals surface area contributed by atoms with Crippen LogP contribution in [0.4, 0.5) is 0 Å². The minimum absolute atomic E-state index is 0.547. The SMILES string of the molecule is CCC1(O)CCCc2ccccc21. The number of benzene rings is 1. The molecule has 70 valence electrons. The summed E-state index contributed by atoms with van der Waals surface area (Å²) in [6.45, 7) is 2.06. The van der Waals surface area contributed by atoms with Crippen LogP contribution in [0.3, 0.4) is 0 Å². The van der Waals surface area contributed by atoms with Crippen LogP contribution in [0.1, 0.15) is 37.3 Å². The zero-order chi connectivity index (χ0) is 9.31. The van der Waals surface area contributed by atoms with Gasteiger partial charge in [0.15, 0.2) is 0 Å². The highest BCUT2D eigenvalue weighted by Gasteiger charge is 2.31. The Kier molecular flexibility index (Phi) is 2.12. The van der Waals surface area contributed by atoms with Crippen molar-refractivity contribution < 1.29 is 5.11 Å². The summed E-state index contributed by atoms with van der Waals surface area (Å²) in [6.07, 6.45) is 3.98. The molecule has 0 aliphatic heterocycles. The van der Waals surface area contributed by atoms with E-state index >= 15 is 0 Å². The molecule has 0 spiro atoms. The van der Waals surface area contributed by atoms with Crippen LogP contribution in [0, 0.1) is 0 Å². The van der Waals surface area contributed by atoms with Crippen molar-refractivity contribution in [1.29, 1.82) is 0 Å². The van der Waals surface area contributed by atoms with E-state index in [0.717, 1.165) is 31.2 Å². The number of hydrogen-bond donors (Lipinski definition) is 1. The van der Waals surface area contributed by atoms with Gasteiger partial charge in [0.2, 0.25) is 0 Å². The molecule has 1 atom stereocenters. The molecule has 1 aromatic rings. The summed E-state index contributed by atoms with van der Waals surface area (Å²) in [5.74, 6) is 0. The predicted molar refractivity (Wildman–Crippen MR) is 53.6 cm³/mol. The fraction of sp³-hybridized carbons (Fsp3) is 0.500. The zero-order valence-corrected chi connectivity index (χ0v) is 8.09. The van der Waals surface area contributed by atoms with Crippen LogP contribution in [0.2, 0.25) is 0 Å². The minimum atomic E-state index is -0.547. The van der Waals surface area contributed by atoms with Gasteiger partial charge in [0.25, 0.3) is 0 Å². The van der Waals surface area contributed by atoms with Crippen molar-refractivity contribution in [3.8, 4) is 0 Å². The molecule has 1 aliphatic rings. The predicted octanol–water partition coefficient (Wildman–Crippen LogP) is 2.62. The molecule has 0 fully saturated rings. The van der Waals surface area contributed by atoms with E-state index in [9.17, 15) is 5.11 Å². The van der Waals surface area contributed by atoms with Gasteiger partial charge in [-0.2, -0.15) is 0 Å². The van der Waals surface area contributed by atoms with Gasteiger partial charge < -0.3 is 5.11 Å². The van der Waals surface area contributed by atoms with Crippen molar-refractivity contribution in [2.45, 2.75) is 38.2 Å². The van der Waals surface area contributed by atoms with Crippen LogP contribution in [-0.2, 0) is 12.0 Å². The van der Waals surface area contributed by atoms with E-state index in [-0.39, 0.29) is 0 Å². The second-order valence-corrected chi connectivity index (χ2v) is 3.90. The number of aliphatic hydroxyl groups is 1. The lowest BCUT2D eigenvalue weighted by Crippen LogP contribution is -2.29. The highest BCUT2D eigenvalue weighted by atomic mass is 16.3. The Bertz CT molecular complexity index is 306. The second kappa shape index (κ2) is 3.15. The number of rotatable bonds is 1. The summed E-state index contributed by atoms with van der Waals surface area (Å²) in [7, 11) is 0. The number of hydrogen-bond acceptors (Lipinski definition) is 1. The first-order valence-electron chi connectivity index (χ1n) is 5.07. The molecule has 0 aromatic heterocycles. The molecular weight excluding hydrogens is 160 g/mol. The third-order valence-corrected chi connectivity index (χ3v) is 3.14. The van der Waals surface area contributed by atoms with Crippen LogP contribution < -0.4 is 0 Å². The highest BCUT2D eigenvalue weighted by Crippen LogP contribution is 2.37. The van der Waals surface area contributed by atoms with E-state index in [1.807, 2.05) is 6.07 Å². The Hall–Kier alpha value is -0.820. The molecule has 0 saturated heterocycles. The standard InChI is InChI=1S/C12H16O/c1-2-12(13)9-5-7-10-6-3-4-8-11(10)12/h3-4,6,8,13H,2,5,7,9H2,1H3. The van der Waals surface area contributed by atoms with Gasteiger partial charge in [-0.3, -0.25) is 0 Å². The van der Waals surface area contributed by atoms with Crippen molar-refractivity contribution in [3.05, 3.63) is 35.4 Å². The summed E-state index contributed by atoms with van der Waals surface area (Å²) in [4.78, 5) is 0. The van der Waals surface area contributed by atoms with E-state index in [0.29, 0.717) is 0 Å². The lowest BCUT2D eigenvalue weighted by atomic mass is 9.78. The maximum Gasteiger partial charge on any atom is 0.0896 e. The van der Waals surface area contributed by atoms with Gasteiger partial charge in [-0.1, -0.05) is 31.2 Å². The Morgan fingerprint density at radius 3 is 2.92 bits per heavy atom. The summed E-state index contributed by atoms with van der Waals surface area (Å²) in [5, 5.41) is 10.3. The molecule has 1 heteroatoms. The normalized spacial score (nSPS) is 26.9. The highest BCUT2D eigenvalue weighted by molar-refractivity contribution is 5.34. The molecule has 1 unspecified atom stereocenters. The van der Waals surface area contributed by atoms with E-state index < -0.39 is 5.60 Å².